The van der Waals surface area contributed by atoms with E-state index >= 15 is 0 Å². The molecular weight excluding hydrogens is 240 g/mol. The van der Waals surface area contributed by atoms with Crippen LogP contribution in [0.3, 0.4) is 0 Å². The van der Waals surface area contributed by atoms with Crippen molar-refractivity contribution >= 4 is 5.91 Å². The van der Waals surface area contributed by atoms with Crippen LogP contribution in [0.2, 0.25) is 0 Å². The summed E-state index contributed by atoms with van der Waals surface area (Å²) >= 11 is 0. The zero-order valence-electron chi connectivity index (χ0n) is 11.9. The van der Waals surface area contributed by atoms with Crippen molar-refractivity contribution in [2.24, 2.45) is 11.1 Å². The van der Waals surface area contributed by atoms with Gasteiger partial charge < -0.3 is 16.2 Å². The van der Waals surface area contributed by atoms with Crippen molar-refractivity contribution in [3.63, 3.8) is 0 Å². The first-order chi connectivity index (χ1) is 8.84. The topological polar surface area (TPSA) is 75.4 Å². The maximum absolute atomic E-state index is 11.9. The predicted octanol–water partition coefficient (Wildman–Crippen LogP) is 1.81. The Morgan fingerprint density at radius 2 is 1.95 bits per heavy atom. The second kappa shape index (κ2) is 6.57. The largest absolute Gasteiger partial charge is 0.508 e. The van der Waals surface area contributed by atoms with E-state index in [4.69, 9.17) is 5.73 Å². The summed E-state index contributed by atoms with van der Waals surface area (Å²) in [4.78, 5) is 11.9. The van der Waals surface area contributed by atoms with Gasteiger partial charge in [0.25, 0.3) is 0 Å². The molecule has 0 aliphatic rings. The second-order valence-electron chi connectivity index (χ2n) is 5.71. The fourth-order valence-electron chi connectivity index (χ4n) is 1.56. The lowest BCUT2D eigenvalue weighted by Crippen LogP contribution is -2.45. The minimum Gasteiger partial charge on any atom is -0.508 e. The molecule has 0 bridgehead atoms. The number of amides is 1. The third-order valence-electron chi connectivity index (χ3n) is 3.43. The maximum Gasteiger partial charge on any atom is 0.237 e. The van der Waals surface area contributed by atoms with Crippen molar-refractivity contribution < 1.29 is 9.90 Å². The van der Waals surface area contributed by atoms with Crippen molar-refractivity contribution in [2.75, 3.05) is 6.54 Å². The summed E-state index contributed by atoms with van der Waals surface area (Å²) in [6.07, 6.45) is 1.47. The van der Waals surface area contributed by atoms with Crippen LogP contribution in [0.4, 0.5) is 0 Å². The molecule has 0 aromatic heterocycles. The van der Waals surface area contributed by atoms with E-state index in [9.17, 15) is 9.90 Å². The number of hydrogen-bond acceptors (Lipinski definition) is 3. The minimum atomic E-state index is -0.558. The Labute approximate surface area is 115 Å². The number of nitrogens with two attached hydrogens (primary N) is 1. The molecule has 0 saturated carbocycles. The Morgan fingerprint density at radius 3 is 2.47 bits per heavy atom. The molecule has 1 atom stereocenters. The highest BCUT2D eigenvalue weighted by Gasteiger charge is 2.19. The summed E-state index contributed by atoms with van der Waals surface area (Å²) in [5.41, 5.74) is 6.91. The van der Waals surface area contributed by atoms with E-state index in [-0.39, 0.29) is 17.1 Å². The Morgan fingerprint density at radius 1 is 1.37 bits per heavy atom. The first kappa shape index (κ1) is 15.5. The molecule has 0 radical (unpaired) electrons. The van der Waals surface area contributed by atoms with E-state index < -0.39 is 6.04 Å². The molecule has 0 spiro atoms. The molecule has 0 aliphatic carbocycles. The van der Waals surface area contributed by atoms with Crippen LogP contribution in [0.25, 0.3) is 0 Å². The fourth-order valence-corrected chi connectivity index (χ4v) is 1.56. The number of carbonyl (C=O) groups is 1. The van der Waals surface area contributed by atoms with E-state index in [1.54, 1.807) is 24.3 Å². The Balaban J connectivity index is 2.47. The van der Waals surface area contributed by atoms with Crippen molar-refractivity contribution in [1.29, 1.82) is 0 Å². The molecule has 4 nitrogen and oxygen atoms in total. The van der Waals surface area contributed by atoms with E-state index in [0.29, 0.717) is 13.0 Å². The SMILES string of the molecule is CCC(C)(C)CNC(=O)C(N)Cc1ccc(O)cc1. The third kappa shape index (κ3) is 5.30. The number of benzene rings is 1. The smallest absolute Gasteiger partial charge is 0.237 e. The van der Waals surface area contributed by atoms with Crippen molar-refractivity contribution in [3.8, 4) is 5.75 Å². The van der Waals surface area contributed by atoms with Gasteiger partial charge in [-0.1, -0.05) is 32.9 Å². The molecule has 0 heterocycles. The van der Waals surface area contributed by atoms with E-state index in [0.717, 1.165) is 12.0 Å². The van der Waals surface area contributed by atoms with E-state index in [2.05, 4.69) is 26.1 Å². The van der Waals surface area contributed by atoms with Crippen LogP contribution in [-0.4, -0.2) is 23.6 Å². The minimum absolute atomic E-state index is 0.0912. The van der Waals surface area contributed by atoms with Gasteiger partial charge in [0.05, 0.1) is 6.04 Å². The molecule has 4 N–H and O–H groups in total. The lowest BCUT2D eigenvalue weighted by Gasteiger charge is -2.24. The van der Waals surface area contributed by atoms with Crippen molar-refractivity contribution in [1.82, 2.24) is 5.32 Å². The average Bonchev–Trinajstić information content (AvgIpc) is 2.38. The van der Waals surface area contributed by atoms with Gasteiger partial charge in [-0.05, 0) is 36.0 Å². The van der Waals surface area contributed by atoms with Crippen LogP contribution < -0.4 is 11.1 Å². The number of phenolic OH excluding ortho intramolecular Hbond substituents is 1. The van der Waals surface area contributed by atoms with Gasteiger partial charge in [-0.2, -0.15) is 0 Å². The summed E-state index contributed by atoms with van der Waals surface area (Å²) in [6, 6.07) is 6.19. The lowest BCUT2D eigenvalue weighted by molar-refractivity contribution is -0.122. The fraction of sp³-hybridized carbons (Fsp3) is 0.533. The lowest BCUT2D eigenvalue weighted by atomic mass is 9.90. The van der Waals surface area contributed by atoms with Crippen LogP contribution in [0.1, 0.15) is 32.8 Å². The van der Waals surface area contributed by atoms with Crippen molar-refractivity contribution in [3.05, 3.63) is 29.8 Å². The summed E-state index contributed by atoms with van der Waals surface area (Å²) in [5.74, 6) is 0.0843. The first-order valence-electron chi connectivity index (χ1n) is 6.65. The molecule has 0 fully saturated rings. The third-order valence-corrected chi connectivity index (χ3v) is 3.43. The number of phenols is 1. The molecule has 1 unspecified atom stereocenters. The van der Waals surface area contributed by atoms with Crippen LogP contribution in [0.15, 0.2) is 24.3 Å². The van der Waals surface area contributed by atoms with Crippen LogP contribution in [0.5, 0.6) is 5.75 Å². The monoisotopic (exact) mass is 264 g/mol. The van der Waals surface area contributed by atoms with Gasteiger partial charge >= 0.3 is 0 Å². The normalized spacial score (nSPS) is 13.1. The van der Waals surface area contributed by atoms with Crippen molar-refractivity contribution in [2.45, 2.75) is 39.7 Å². The van der Waals surface area contributed by atoms with Gasteiger partial charge in [0.1, 0.15) is 5.75 Å². The summed E-state index contributed by atoms with van der Waals surface area (Å²) in [7, 11) is 0. The number of nitrogens with one attached hydrogen (secondary N) is 1. The number of hydrogen-bond donors (Lipinski definition) is 3. The Bertz CT molecular complexity index is 413. The van der Waals surface area contributed by atoms with Gasteiger partial charge in [-0.3, -0.25) is 4.79 Å². The molecule has 0 saturated heterocycles. The van der Waals surface area contributed by atoms with Crippen LogP contribution in [0, 0.1) is 5.41 Å². The second-order valence-corrected chi connectivity index (χ2v) is 5.71. The number of rotatable bonds is 6. The first-order valence-corrected chi connectivity index (χ1v) is 6.65. The highest BCUT2D eigenvalue weighted by molar-refractivity contribution is 5.81. The summed E-state index contributed by atoms with van der Waals surface area (Å²) in [5, 5.41) is 12.1. The van der Waals surface area contributed by atoms with Gasteiger partial charge in [-0.15, -0.1) is 0 Å². The van der Waals surface area contributed by atoms with E-state index in [1.165, 1.54) is 0 Å². The standard InChI is InChI=1S/C15H24N2O2/c1-4-15(2,3)10-17-14(19)13(16)9-11-5-7-12(18)8-6-11/h5-8,13,18H,4,9-10,16H2,1-3H3,(H,17,19). The molecular formula is C15H24N2O2. The quantitative estimate of drug-likeness (QED) is 0.733. The predicted molar refractivity (Wildman–Crippen MR) is 76.9 cm³/mol. The molecule has 4 heteroatoms. The highest BCUT2D eigenvalue weighted by atomic mass is 16.3. The molecule has 1 aromatic carbocycles. The molecule has 0 aliphatic heterocycles. The number of aromatic hydroxyl groups is 1. The Kier molecular flexibility index (Phi) is 5.36. The van der Waals surface area contributed by atoms with Gasteiger partial charge in [0.2, 0.25) is 5.91 Å². The zero-order chi connectivity index (χ0) is 14.5. The molecule has 19 heavy (non-hydrogen) atoms. The molecule has 1 aromatic rings. The zero-order valence-corrected chi connectivity index (χ0v) is 11.9. The van der Waals surface area contributed by atoms with Gasteiger partial charge in [-0.25, -0.2) is 0 Å². The van der Waals surface area contributed by atoms with Gasteiger partial charge in [0, 0.05) is 6.54 Å². The summed E-state index contributed by atoms with van der Waals surface area (Å²) in [6.45, 7) is 6.95. The van der Waals surface area contributed by atoms with E-state index in [1.807, 2.05) is 0 Å². The Hall–Kier alpha value is -1.55. The molecule has 1 rings (SSSR count). The highest BCUT2D eigenvalue weighted by Crippen LogP contribution is 2.17. The van der Waals surface area contributed by atoms with Crippen LogP contribution >= 0.6 is 0 Å². The molecule has 106 valence electrons. The maximum atomic E-state index is 11.9. The van der Waals surface area contributed by atoms with Gasteiger partial charge in [0.15, 0.2) is 0 Å². The average molecular weight is 264 g/mol. The number of carbonyl (C=O) groups excluding carboxylic acids is 1. The summed E-state index contributed by atoms with van der Waals surface area (Å²) < 4.78 is 0. The van der Waals surface area contributed by atoms with Crippen LogP contribution in [-0.2, 0) is 11.2 Å². The molecule has 1 amide bonds.